The first-order chi connectivity index (χ1) is 12.7. The van der Waals surface area contributed by atoms with E-state index in [0.29, 0.717) is 5.69 Å². The summed E-state index contributed by atoms with van der Waals surface area (Å²) in [5.41, 5.74) is 3.04. The van der Waals surface area contributed by atoms with Crippen molar-refractivity contribution in [1.29, 1.82) is 0 Å². The number of fused-ring (bicyclic) bond motifs is 1. The highest BCUT2D eigenvalue weighted by Crippen LogP contribution is 2.27. The summed E-state index contributed by atoms with van der Waals surface area (Å²) in [4.78, 5) is 15.5. The molecule has 0 bridgehead atoms. The zero-order chi connectivity index (χ0) is 18.4. The summed E-state index contributed by atoms with van der Waals surface area (Å²) in [6.45, 7) is 2.85. The summed E-state index contributed by atoms with van der Waals surface area (Å²) in [5, 5.41) is 13.4. The minimum absolute atomic E-state index is 0.107. The molecular weight excluding hydrogens is 328 g/mol. The van der Waals surface area contributed by atoms with Crippen LogP contribution in [0.1, 0.15) is 25.5 Å². The lowest BCUT2D eigenvalue weighted by atomic mass is 10.1. The molecule has 134 valence electrons. The molecule has 0 radical (unpaired) electrons. The summed E-state index contributed by atoms with van der Waals surface area (Å²) >= 11 is 0. The minimum Gasteiger partial charge on any atom is -0.494 e. The Morgan fingerprint density at radius 2 is 1.92 bits per heavy atom. The van der Waals surface area contributed by atoms with Gasteiger partial charge in [-0.25, -0.2) is 0 Å². The van der Waals surface area contributed by atoms with Gasteiger partial charge in [0.15, 0.2) is 0 Å². The van der Waals surface area contributed by atoms with Gasteiger partial charge in [0.1, 0.15) is 5.75 Å². The predicted molar refractivity (Wildman–Crippen MR) is 103 cm³/mol. The Bertz CT molecular complexity index is 891. The van der Waals surface area contributed by atoms with Crippen molar-refractivity contribution in [3.8, 4) is 5.75 Å². The molecule has 1 heterocycles. The van der Waals surface area contributed by atoms with Crippen LogP contribution in [-0.2, 0) is 11.2 Å². The summed E-state index contributed by atoms with van der Waals surface area (Å²) in [7, 11) is 0. The number of aromatic nitrogens is 1. The number of carboxylic acid groups (broad SMARTS) is 1. The van der Waals surface area contributed by atoms with Crippen molar-refractivity contribution < 1.29 is 14.6 Å². The highest BCUT2D eigenvalue weighted by atomic mass is 16.5. The second-order valence-corrected chi connectivity index (χ2v) is 6.10. The molecule has 0 saturated heterocycles. The van der Waals surface area contributed by atoms with Crippen LogP contribution in [0.2, 0.25) is 0 Å². The van der Waals surface area contributed by atoms with Crippen molar-refractivity contribution in [2.75, 3.05) is 11.9 Å². The van der Waals surface area contributed by atoms with E-state index >= 15 is 0 Å². The molecular formula is C21H22N2O3. The molecule has 5 nitrogen and oxygen atoms in total. The number of nitrogens with zero attached hydrogens (tertiary/aromatic N) is 1. The number of unbranched alkanes of at least 4 members (excludes halogenated alkanes) is 1. The SMILES string of the molecule is CCCCOc1ccc(Nc2cc(CC(=O)O)nc3ccccc23)cc1. The molecule has 0 unspecified atom stereocenters. The number of rotatable bonds is 8. The fourth-order valence-corrected chi connectivity index (χ4v) is 2.70. The molecule has 0 atom stereocenters. The number of nitrogens with one attached hydrogen (secondary N) is 1. The molecule has 26 heavy (non-hydrogen) atoms. The van der Waals surface area contributed by atoms with Crippen LogP contribution < -0.4 is 10.1 Å². The highest BCUT2D eigenvalue weighted by Gasteiger charge is 2.09. The van der Waals surface area contributed by atoms with Gasteiger partial charge in [-0.2, -0.15) is 0 Å². The van der Waals surface area contributed by atoms with E-state index in [4.69, 9.17) is 9.84 Å². The Hall–Kier alpha value is -3.08. The molecule has 0 aliphatic heterocycles. The molecule has 1 aromatic heterocycles. The first kappa shape index (κ1) is 17.7. The topological polar surface area (TPSA) is 71.5 Å². The zero-order valence-corrected chi connectivity index (χ0v) is 14.7. The van der Waals surface area contributed by atoms with Gasteiger partial charge in [0.05, 0.1) is 24.2 Å². The van der Waals surface area contributed by atoms with Crippen molar-refractivity contribution in [3.63, 3.8) is 0 Å². The van der Waals surface area contributed by atoms with Crippen molar-refractivity contribution in [2.45, 2.75) is 26.2 Å². The van der Waals surface area contributed by atoms with Gasteiger partial charge in [-0.3, -0.25) is 9.78 Å². The lowest BCUT2D eigenvalue weighted by Crippen LogP contribution is -2.04. The minimum atomic E-state index is -0.896. The standard InChI is InChI=1S/C21H22N2O3/c1-2-3-12-26-17-10-8-15(9-11-17)22-20-13-16(14-21(24)25)23-19-7-5-4-6-18(19)20/h4-11,13H,2-3,12,14H2,1H3,(H,22,23)(H,24,25). The largest absolute Gasteiger partial charge is 0.494 e. The third-order valence-corrected chi connectivity index (χ3v) is 4.00. The lowest BCUT2D eigenvalue weighted by Gasteiger charge is -2.12. The number of carbonyl (C=O) groups is 1. The summed E-state index contributed by atoms with van der Waals surface area (Å²) < 4.78 is 5.68. The molecule has 3 rings (SSSR count). The number of hydrogen-bond acceptors (Lipinski definition) is 4. The molecule has 0 spiro atoms. The number of pyridine rings is 1. The van der Waals surface area contributed by atoms with E-state index in [0.717, 1.165) is 47.5 Å². The van der Waals surface area contributed by atoms with Crippen LogP contribution in [0.25, 0.3) is 10.9 Å². The van der Waals surface area contributed by atoms with Gasteiger partial charge < -0.3 is 15.2 Å². The summed E-state index contributed by atoms with van der Waals surface area (Å²) in [6, 6.07) is 17.2. The van der Waals surface area contributed by atoms with Gasteiger partial charge in [0, 0.05) is 16.8 Å². The van der Waals surface area contributed by atoms with E-state index in [1.54, 1.807) is 6.07 Å². The van der Waals surface area contributed by atoms with Gasteiger partial charge >= 0.3 is 5.97 Å². The Kier molecular flexibility index (Phi) is 5.69. The molecule has 2 N–H and O–H groups in total. The van der Waals surface area contributed by atoms with Crippen LogP contribution in [0.15, 0.2) is 54.6 Å². The zero-order valence-electron chi connectivity index (χ0n) is 14.7. The van der Waals surface area contributed by atoms with Crippen molar-refractivity contribution in [2.24, 2.45) is 0 Å². The Balaban J connectivity index is 1.84. The summed E-state index contributed by atoms with van der Waals surface area (Å²) in [5.74, 6) is -0.0533. The average molecular weight is 350 g/mol. The molecule has 0 fully saturated rings. The van der Waals surface area contributed by atoms with Crippen LogP contribution in [-0.4, -0.2) is 22.7 Å². The number of ether oxygens (including phenoxy) is 1. The average Bonchev–Trinajstić information content (AvgIpc) is 2.63. The van der Waals surface area contributed by atoms with Gasteiger partial charge in [-0.15, -0.1) is 0 Å². The first-order valence-corrected chi connectivity index (χ1v) is 8.76. The van der Waals surface area contributed by atoms with E-state index in [9.17, 15) is 4.79 Å². The van der Waals surface area contributed by atoms with Gasteiger partial charge in [-0.05, 0) is 42.8 Å². The number of carboxylic acids is 1. The van der Waals surface area contributed by atoms with E-state index in [2.05, 4.69) is 17.2 Å². The number of aliphatic carboxylic acids is 1. The van der Waals surface area contributed by atoms with Gasteiger partial charge in [0.25, 0.3) is 0 Å². The van der Waals surface area contributed by atoms with Crippen LogP contribution in [0.5, 0.6) is 5.75 Å². The van der Waals surface area contributed by atoms with E-state index in [1.807, 2.05) is 48.5 Å². The van der Waals surface area contributed by atoms with Crippen molar-refractivity contribution >= 4 is 28.2 Å². The van der Waals surface area contributed by atoms with Crippen LogP contribution in [0.3, 0.4) is 0 Å². The Morgan fingerprint density at radius 3 is 2.65 bits per heavy atom. The fraction of sp³-hybridized carbons (Fsp3) is 0.238. The van der Waals surface area contributed by atoms with Crippen LogP contribution in [0, 0.1) is 0 Å². The number of hydrogen-bond donors (Lipinski definition) is 2. The van der Waals surface area contributed by atoms with Crippen LogP contribution in [0.4, 0.5) is 11.4 Å². The molecule has 3 aromatic rings. The maximum atomic E-state index is 11.0. The second-order valence-electron chi connectivity index (χ2n) is 6.10. The van der Waals surface area contributed by atoms with E-state index < -0.39 is 5.97 Å². The maximum absolute atomic E-state index is 11.0. The van der Waals surface area contributed by atoms with Crippen molar-refractivity contribution in [1.82, 2.24) is 4.98 Å². The fourth-order valence-electron chi connectivity index (χ4n) is 2.70. The molecule has 2 aromatic carbocycles. The third-order valence-electron chi connectivity index (χ3n) is 4.00. The number of benzene rings is 2. The molecule has 0 amide bonds. The second kappa shape index (κ2) is 8.34. The quantitative estimate of drug-likeness (QED) is 0.572. The highest BCUT2D eigenvalue weighted by molar-refractivity contribution is 5.93. The predicted octanol–water partition coefficient (Wildman–Crippen LogP) is 4.78. The molecule has 0 saturated carbocycles. The number of para-hydroxylation sites is 1. The molecule has 0 aliphatic carbocycles. The Morgan fingerprint density at radius 1 is 1.15 bits per heavy atom. The maximum Gasteiger partial charge on any atom is 0.309 e. The summed E-state index contributed by atoms with van der Waals surface area (Å²) in [6.07, 6.45) is 2.03. The van der Waals surface area contributed by atoms with Gasteiger partial charge in [0.2, 0.25) is 0 Å². The smallest absolute Gasteiger partial charge is 0.309 e. The Labute approximate surface area is 152 Å². The first-order valence-electron chi connectivity index (χ1n) is 8.76. The number of anilines is 2. The van der Waals surface area contributed by atoms with Crippen molar-refractivity contribution in [3.05, 3.63) is 60.3 Å². The lowest BCUT2D eigenvalue weighted by molar-refractivity contribution is -0.136. The monoisotopic (exact) mass is 350 g/mol. The molecule has 5 heteroatoms. The van der Waals surface area contributed by atoms with Crippen LogP contribution >= 0.6 is 0 Å². The van der Waals surface area contributed by atoms with E-state index in [-0.39, 0.29) is 6.42 Å². The van der Waals surface area contributed by atoms with E-state index in [1.165, 1.54) is 0 Å². The normalized spacial score (nSPS) is 10.7. The van der Waals surface area contributed by atoms with Gasteiger partial charge in [-0.1, -0.05) is 31.5 Å². The third kappa shape index (κ3) is 4.51. The molecule has 0 aliphatic rings.